The van der Waals surface area contributed by atoms with Crippen LogP contribution in [0, 0.1) is 5.92 Å². The van der Waals surface area contributed by atoms with Crippen LogP contribution in [0.25, 0.3) is 6.08 Å². The van der Waals surface area contributed by atoms with Crippen LogP contribution in [0.2, 0.25) is 0 Å². The number of ether oxygens (including phenoxy) is 1. The lowest BCUT2D eigenvalue weighted by molar-refractivity contribution is 0.0197. The number of amides is 1. The maximum atomic E-state index is 12.0. The molecule has 0 aliphatic carbocycles. The Morgan fingerprint density at radius 3 is 2.35 bits per heavy atom. The molecule has 1 amide bonds. The normalized spacial score (nSPS) is 16.8. The van der Waals surface area contributed by atoms with Gasteiger partial charge in [0, 0.05) is 18.0 Å². The number of hydrogen-bond donors (Lipinski definition) is 0. The molecule has 126 valence electrons. The molecular formula is C19H27NO2S. The molecule has 0 aromatic heterocycles. The Morgan fingerprint density at radius 1 is 1.22 bits per heavy atom. The van der Waals surface area contributed by atoms with Crippen molar-refractivity contribution < 1.29 is 9.53 Å². The van der Waals surface area contributed by atoms with Crippen molar-refractivity contribution >= 4 is 23.9 Å². The monoisotopic (exact) mass is 333 g/mol. The second kappa shape index (κ2) is 7.91. The molecule has 0 saturated carbocycles. The number of hydrogen-bond acceptors (Lipinski definition) is 3. The molecule has 3 nitrogen and oxygen atoms in total. The highest BCUT2D eigenvalue weighted by Crippen LogP contribution is 2.22. The highest BCUT2D eigenvalue weighted by Gasteiger charge is 2.25. The Morgan fingerprint density at radius 2 is 1.83 bits per heavy atom. The minimum atomic E-state index is -0.420. The molecule has 0 N–H and O–H groups in total. The Bertz CT molecular complexity index is 537. The number of piperidine rings is 1. The van der Waals surface area contributed by atoms with Gasteiger partial charge in [0.15, 0.2) is 0 Å². The van der Waals surface area contributed by atoms with Gasteiger partial charge in [-0.25, -0.2) is 4.79 Å². The maximum Gasteiger partial charge on any atom is 0.410 e. The summed E-state index contributed by atoms with van der Waals surface area (Å²) >= 11 is 1.76. The molecule has 0 unspecified atom stereocenters. The minimum absolute atomic E-state index is 0.187. The van der Waals surface area contributed by atoms with Crippen LogP contribution in [0.1, 0.15) is 39.2 Å². The van der Waals surface area contributed by atoms with Gasteiger partial charge in [0.25, 0.3) is 0 Å². The van der Waals surface area contributed by atoms with Crippen LogP contribution < -0.4 is 0 Å². The fourth-order valence-corrected chi connectivity index (χ4v) is 2.97. The number of carbonyl (C=O) groups is 1. The summed E-state index contributed by atoms with van der Waals surface area (Å²) in [5, 5.41) is 0. The molecule has 0 bridgehead atoms. The summed E-state index contributed by atoms with van der Waals surface area (Å²) in [5.74, 6) is 0.536. The molecule has 0 radical (unpaired) electrons. The number of thioether (sulfide) groups is 1. The van der Waals surface area contributed by atoms with Crippen LogP contribution in [0.4, 0.5) is 4.79 Å². The fourth-order valence-electron chi connectivity index (χ4n) is 2.56. The molecule has 1 aliphatic rings. The number of allylic oxidation sites excluding steroid dienone is 1. The second-order valence-corrected chi connectivity index (χ2v) is 7.82. The van der Waals surface area contributed by atoms with Gasteiger partial charge in [-0.15, -0.1) is 11.8 Å². The lowest BCUT2D eigenvalue weighted by atomic mass is 9.96. The minimum Gasteiger partial charge on any atom is -0.444 e. The van der Waals surface area contributed by atoms with Gasteiger partial charge in [-0.1, -0.05) is 24.3 Å². The van der Waals surface area contributed by atoms with E-state index in [4.69, 9.17) is 4.74 Å². The quantitative estimate of drug-likeness (QED) is 0.723. The molecule has 1 aromatic rings. The van der Waals surface area contributed by atoms with Gasteiger partial charge in [-0.2, -0.15) is 0 Å². The first kappa shape index (κ1) is 17.9. The fraction of sp³-hybridized carbons (Fsp3) is 0.526. The molecule has 2 rings (SSSR count). The van der Waals surface area contributed by atoms with Crippen molar-refractivity contribution in [3.63, 3.8) is 0 Å². The first-order valence-corrected chi connectivity index (χ1v) is 9.40. The number of likely N-dealkylation sites (tertiary alicyclic amines) is 1. The summed E-state index contributed by atoms with van der Waals surface area (Å²) in [4.78, 5) is 15.2. The van der Waals surface area contributed by atoms with E-state index in [1.54, 1.807) is 11.8 Å². The van der Waals surface area contributed by atoms with Gasteiger partial charge in [0.2, 0.25) is 0 Å². The molecular weight excluding hydrogens is 306 g/mol. The predicted molar refractivity (Wildman–Crippen MR) is 97.8 cm³/mol. The predicted octanol–water partition coefficient (Wildman–Crippen LogP) is 5.07. The van der Waals surface area contributed by atoms with E-state index in [2.05, 4.69) is 42.7 Å². The Kier molecular flexibility index (Phi) is 6.17. The molecule has 1 aromatic carbocycles. The second-order valence-electron chi connectivity index (χ2n) is 6.94. The summed E-state index contributed by atoms with van der Waals surface area (Å²) < 4.78 is 5.43. The van der Waals surface area contributed by atoms with E-state index in [9.17, 15) is 4.79 Å². The number of rotatable bonds is 3. The summed E-state index contributed by atoms with van der Waals surface area (Å²) in [5.41, 5.74) is 0.814. The molecule has 1 aliphatic heterocycles. The number of carbonyl (C=O) groups excluding carboxylic acids is 1. The Balaban J connectivity index is 1.82. The Hall–Kier alpha value is -1.42. The van der Waals surface area contributed by atoms with Crippen molar-refractivity contribution in [2.24, 2.45) is 5.92 Å². The zero-order valence-electron chi connectivity index (χ0n) is 14.5. The van der Waals surface area contributed by atoms with E-state index in [1.165, 1.54) is 10.5 Å². The lowest BCUT2D eigenvalue weighted by Crippen LogP contribution is -2.41. The van der Waals surface area contributed by atoms with Crippen LogP contribution in [0.3, 0.4) is 0 Å². The smallest absolute Gasteiger partial charge is 0.410 e. The molecule has 4 heteroatoms. The van der Waals surface area contributed by atoms with Crippen LogP contribution in [0.5, 0.6) is 0 Å². The molecule has 1 fully saturated rings. The van der Waals surface area contributed by atoms with Gasteiger partial charge in [-0.3, -0.25) is 0 Å². The van der Waals surface area contributed by atoms with E-state index in [0.717, 1.165) is 25.9 Å². The van der Waals surface area contributed by atoms with E-state index < -0.39 is 5.60 Å². The molecule has 0 spiro atoms. The summed E-state index contributed by atoms with van der Waals surface area (Å²) in [6.07, 6.45) is 8.37. The van der Waals surface area contributed by atoms with Gasteiger partial charge in [0.1, 0.15) is 5.60 Å². The summed E-state index contributed by atoms with van der Waals surface area (Å²) in [7, 11) is 0. The lowest BCUT2D eigenvalue weighted by Gasteiger charge is -2.32. The van der Waals surface area contributed by atoms with Crippen molar-refractivity contribution in [2.45, 2.75) is 44.1 Å². The van der Waals surface area contributed by atoms with E-state index >= 15 is 0 Å². The van der Waals surface area contributed by atoms with Crippen LogP contribution in [0.15, 0.2) is 35.2 Å². The van der Waals surface area contributed by atoms with Crippen LogP contribution in [-0.2, 0) is 4.74 Å². The third kappa shape index (κ3) is 5.94. The standard InChI is InChI=1S/C19H27NO2S/c1-19(2,3)22-18(21)20-13-11-16(12-14-20)6-5-15-7-9-17(23-4)10-8-15/h5-10,16H,11-14H2,1-4H3. The van der Waals surface area contributed by atoms with E-state index in [1.807, 2.05) is 25.7 Å². The van der Waals surface area contributed by atoms with Crippen molar-refractivity contribution in [3.8, 4) is 0 Å². The summed E-state index contributed by atoms with van der Waals surface area (Å²) in [6, 6.07) is 8.60. The maximum absolute atomic E-state index is 12.0. The highest BCUT2D eigenvalue weighted by atomic mass is 32.2. The van der Waals surface area contributed by atoms with Crippen LogP contribution in [-0.4, -0.2) is 35.9 Å². The molecule has 1 saturated heterocycles. The highest BCUT2D eigenvalue weighted by molar-refractivity contribution is 7.98. The summed E-state index contributed by atoms with van der Waals surface area (Å²) in [6.45, 7) is 7.26. The zero-order valence-corrected chi connectivity index (χ0v) is 15.4. The van der Waals surface area contributed by atoms with Gasteiger partial charge >= 0.3 is 6.09 Å². The third-order valence-electron chi connectivity index (χ3n) is 3.87. The van der Waals surface area contributed by atoms with E-state index in [0.29, 0.717) is 5.92 Å². The van der Waals surface area contributed by atoms with Crippen molar-refractivity contribution in [3.05, 3.63) is 35.9 Å². The van der Waals surface area contributed by atoms with E-state index in [-0.39, 0.29) is 6.09 Å². The van der Waals surface area contributed by atoms with Gasteiger partial charge in [0.05, 0.1) is 0 Å². The molecule has 23 heavy (non-hydrogen) atoms. The zero-order chi connectivity index (χ0) is 16.9. The third-order valence-corrected chi connectivity index (χ3v) is 4.61. The number of benzene rings is 1. The molecule has 1 heterocycles. The van der Waals surface area contributed by atoms with Crippen molar-refractivity contribution in [1.82, 2.24) is 4.90 Å². The molecule has 0 atom stereocenters. The average molecular weight is 333 g/mol. The SMILES string of the molecule is CSc1ccc(C=CC2CCN(C(=O)OC(C)(C)C)CC2)cc1. The first-order chi connectivity index (χ1) is 10.9. The average Bonchev–Trinajstić information content (AvgIpc) is 2.52. The Labute approximate surface area is 144 Å². The first-order valence-electron chi connectivity index (χ1n) is 8.17. The van der Waals surface area contributed by atoms with Gasteiger partial charge in [-0.05, 0) is 63.5 Å². The van der Waals surface area contributed by atoms with Gasteiger partial charge < -0.3 is 9.64 Å². The largest absolute Gasteiger partial charge is 0.444 e. The van der Waals surface area contributed by atoms with Crippen molar-refractivity contribution in [2.75, 3.05) is 19.3 Å². The van der Waals surface area contributed by atoms with Crippen molar-refractivity contribution in [1.29, 1.82) is 0 Å². The number of nitrogens with zero attached hydrogens (tertiary/aromatic N) is 1. The topological polar surface area (TPSA) is 29.5 Å². The van der Waals surface area contributed by atoms with Crippen LogP contribution >= 0.6 is 11.8 Å².